The highest BCUT2D eigenvalue weighted by molar-refractivity contribution is 5.96. The van der Waals surface area contributed by atoms with Gasteiger partial charge in [0.2, 0.25) is 5.91 Å². The molecule has 2 aromatic rings. The van der Waals surface area contributed by atoms with Gasteiger partial charge in [0, 0.05) is 24.7 Å². The molecule has 4 rings (SSSR count). The second-order valence-corrected chi connectivity index (χ2v) is 7.80. The van der Waals surface area contributed by atoms with Gasteiger partial charge in [-0.05, 0) is 56.2 Å². The molecule has 1 fully saturated rings. The number of para-hydroxylation sites is 2. The minimum absolute atomic E-state index is 0.0471. The predicted molar refractivity (Wildman–Crippen MR) is 120 cm³/mol. The van der Waals surface area contributed by atoms with Gasteiger partial charge in [-0.25, -0.2) is 9.59 Å². The Kier molecular flexibility index (Phi) is 6.58. The van der Waals surface area contributed by atoms with Crippen LogP contribution in [-0.2, 0) is 9.53 Å². The number of benzene rings is 2. The normalized spacial score (nSPS) is 16.0. The van der Waals surface area contributed by atoms with Crippen molar-refractivity contribution in [2.24, 2.45) is 5.92 Å². The van der Waals surface area contributed by atoms with Gasteiger partial charge in [0.25, 0.3) is 0 Å². The number of carbonyl (C=O) groups is 3. The summed E-state index contributed by atoms with van der Waals surface area (Å²) in [7, 11) is 0. The summed E-state index contributed by atoms with van der Waals surface area (Å²) in [4.78, 5) is 41.1. The van der Waals surface area contributed by atoms with Crippen LogP contribution in [-0.4, -0.2) is 55.7 Å². The van der Waals surface area contributed by atoms with Crippen molar-refractivity contribution in [3.05, 3.63) is 54.1 Å². The summed E-state index contributed by atoms with van der Waals surface area (Å²) in [5.74, 6) is 0.0964. The molecule has 0 spiro atoms. The van der Waals surface area contributed by atoms with Gasteiger partial charge in [0.05, 0.1) is 24.4 Å². The zero-order chi connectivity index (χ0) is 22.5. The maximum absolute atomic E-state index is 13.1. The van der Waals surface area contributed by atoms with E-state index >= 15 is 0 Å². The molecule has 2 aliphatic heterocycles. The molecule has 0 aliphatic carbocycles. The Morgan fingerprint density at radius 2 is 1.75 bits per heavy atom. The zero-order valence-corrected chi connectivity index (χ0v) is 18.1. The zero-order valence-electron chi connectivity index (χ0n) is 18.1. The standard InChI is InChI=1S/C24H27N3O5/c1-2-31-23(29)18-7-9-19(10-8-18)25-22(28)17-11-13-26(14-12-17)24(30)27-15-16-32-21-6-4-3-5-20(21)27/h3-10,17H,2,11-16H2,1H3,(H,25,28). The number of likely N-dealkylation sites (tertiary alicyclic amines) is 1. The first kappa shape index (κ1) is 21.7. The van der Waals surface area contributed by atoms with Gasteiger partial charge in [0.1, 0.15) is 12.4 Å². The molecule has 0 atom stereocenters. The second kappa shape index (κ2) is 9.72. The molecule has 8 heteroatoms. The van der Waals surface area contributed by atoms with Crippen LogP contribution in [0.25, 0.3) is 0 Å². The molecule has 1 saturated heterocycles. The van der Waals surface area contributed by atoms with E-state index in [2.05, 4.69) is 5.32 Å². The molecule has 0 bridgehead atoms. The number of ether oxygens (including phenoxy) is 2. The first-order chi connectivity index (χ1) is 15.6. The van der Waals surface area contributed by atoms with Crippen LogP contribution in [0.2, 0.25) is 0 Å². The quantitative estimate of drug-likeness (QED) is 0.740. The number of nitrogens with zero attached hydrogens (tertiary/aromatic N) is 2. The molecule has 2 aromatic carbocycles. The summed E-state index contributed by atoms with van der Waals surface area (Å²) in [6.45, 7) is 4.10. The first-order valence-electron chi connectivity index (χ1n) is 10.9. The van der Waals surface area contributed by atoms with E-state index in [9.17, 15) is 14.4 Å². The Hall–Kier alpha value is -3.55. The summed E-state index contributed by atoms with van der Waals surface area (Å²) >= 11 is 0. The van der Waals surface area contributed by atoms with Crippen LogP contribution in [0.3, 0.4) is 0 Å². The molecular formula is C24H27N3O5. The fraction of sp³-hybridized carbons (Fsp3) is 0.375. The molecular weight excluding hydrogens is 410 g/mol. The van der Waals surface area contributed by atoms with Crippen LogP contribution in [0.1, 0.15) is 30.1 Å². The molecule has 2 heterocycles. The lowest BCUT2D eigenvalue weighted by molar-refractivity contribution is -0.121. The van der Waals surface area contributed by atoms with E-state index < -0.39 is 0 Å². The molecule has 0 saturated carbocycles. The third kappa shape index (κ3) is 4.69. The number of esters is 1. The van der Waals surface area contributed by atoms with Crippen LogP contribution in [0, 0.1) is 5.92 Å². The first-order valence-corrected chi connectivity index (χ1v) is 10.9. The number of hydrogen-bond donors (Lipinski definition) is 1. The highest BCUT2D eigenvalue weighted by atomic mass is 16.5. The molecule has 3 amide bonds. The number of nitrogens with one attached hydrogen (secondary N) is 1. The van der Waals surface area contributed by atoms with Crippen molar-refractivity contribution in [1.82, 2.24) is 4.90 Å². The highest BCUT2D eigenvalue weighted by Gasteiger charge is 2.32. The van der Waals surface area contributed by atoms with E-state index in [1.807, 2.05) is 24.3 Å². The van der Waals surface area contributed by atoms with Crippen molar-refractivity contribution in [3.8, 4) is 5.75 Å². The molecule has 0 unspecified atom stereocenters. The summed E-state index contributed by atoms with van der Waals surface area (Å²) < 4.78 is 10.6. The molecule has 1 N–H and O–H groups in total. The van der Waals surface area contributed by atoms with Gasteiger partial charge in [-0.15, -0.1) is 0 Å². The van der Waals surface area contributed by atoms with E-state index in [0.717, 1.165) is 11.4 Å². The fourth-order valence-corrected chi connectivity index (χ4v) is 4.02. The summed E-state index contributed by atoms with van der Waals surface area (Å²) in [6, 6.07) is 14.1. The molecule has 32 heavy (non-hydrogen) atoms. The maximum atomic E-state index is 13.1. The van der Waals surface area contributed by atoms with Crippen LogP contribution >= 0.6 is 0 Å². The Balaban J connectivity index is 1.30. The van der Waals surface area contributed by atoms with E-state index in [1.165, 1.54) is 0 Å². The van der Waals surface area contributed by atoms with Gasteiger partial charge >= 0.3 is 12.0 Å². The predicted octanol–water partition coefficient (Wildman–Crippen LogP) is 3.53. The number of piperidine rings is 1. The van der Waals surface area contributed by atoms with Gasteiger partial charge in [0.15, 0.2) is 0 Å². The van der Waals surface area contributed by atoms with E-state index in [1.54, 1.807) is 41.0 Å². The minimum atomic E-state index is -0.384. The highest BCUT2D eigenvalue weighted by Crippen LogP contribution is 2.32. The van der Waals surface area contributed by atoms with Crippen molar-refractivity contribution >= 4 is 29.3 Å². The van der Waals surface area contributed by atoms with Gasteiger partial charge in [-0.1, -0.05) is 12.1 Å². The van der Waals surface area contributed by atoms with Gasteiger partial charge in [-0.3, -0.25) is 9.69 Å². The van der Waals surface area contributed by atoms with Gasteiger partial charge in [-0.2, -0.15) is 0 Å². The lowest BCUT2D eigenvalue weighted by Crippen LogP contribution is -2.50. The number of urea groups is 1. The molecule has 2 aliphatic rings. The fourth-order valence-electron chi connectivity index (χ4n) is 4.02. The van der Waals surface area contributed by atoms with Crippen molar-refractivity contribution in [2.75, 3.05) is 43.1 Å². The molecule has 168 valence electrons. The second-order valence-electron chi connectivity index (χ2n) is 7.80. The van der Waals surface area contributed by atoms with Crippen LogP contribution in [0.15, 0.2) is 48.5 Å². The molecule has 8 nitrogen and oxygen atoms in total. The number of fused-ring (bicyclic) bond motifs is 1. The monoisotopic (exact) mass is 437 g/mol. The van der Waals surface area contributed by atoms with Crippen LogP contribution in [0.5, 0.6) is 5.75 Å². The third-order valence-electron chi connectivity index (χ3n) is 5.76. The SMILES string of the molecule is CCOC(=O)c1ccc(NC(=O)C2CCN(C(=O)N3CCOc4ccccc43)CC2)cc1. The number of hydrogen-bond acceptors (Lipinski definition) is 5. The van der Waals surface area contributed by atoms with E-state index in [0.29, 0.717) is 56.9 Å². The Morgan fingerprint density at radius 1 is 1.03 bits per heavy atom. The van der Waals surface area contributed by atoms with E-state index in [-0.39, 0.29) is 23.8 Å². The van der Waals surface area contributed by atoms with E-state index in [4.69, 9.17) is 9.47 Å². The Bertz CT molecular complexity index is 983. The van der Waals surface area contributed by atoms with Crippen molar-refractivity contribution < 1.29 is 23.9 Å². The van der Waals surface area contributed by atoms with Crippen molar-refractivity contribution in [1.29, 1.82) is 0 Å². The van der Waals surface area contributed by atoms with Gasteiger partial charge < -0.3 is 19.7 Å². The number of carbonyl (C=O) groups excluding carboxylic acids is 3. The summed E-state index contributed by atoms with van der Waals surface area (Å²) in [6.07, 6.45) is 1.20. The summed E-state index contributed by atoms with van der Waals surface area (Å²) in [5.41, 5.74) is 1.86. The summed E-state index contributed by atoms with van der Waals surface area (Å²) in [5, 5.41) is 2.91. The number of rotatable bonds is 4. The Labute approximate surface area is 187 Å². The average Bonchev–Trinajstić information content (AvgIpc) is 2.84. The maximum Gasteiger partial charge on any atom is 0.338 e. The van der Waals surface area contributed by atoms with Crippen LogP contribution in [0.4, 0.5) is 16.2 Å². The molecule has 0 radical (unpaired) electrons. The average molecular weight is 437 g/mol. The Morgan fingerprint density at radius 3 is 2.47 bits per heavy atom. The lowest BCUT2D eigenvalue weighted by Gasteiger charge is -2.37. The topological polar surface area (TPSA) is 88.2 Å². The smallest absolute Gasteiger partial charge is 0.338 e. The van der Waals surface area contributed by atoms with Crippen molar-refractivity contribution in [3.63, 3.8) is 0 Å². The largest absolute Gasteiger partial charge is 0.490 e. The van der Waals surface area contributed by atoms with Crippen molar-refractivity contribution in [2.45, 2.75) is 19.8 Å². The number of anilines is 2. The van der Waals surface area contributed by atoms with Crippen LogP contribution < -0.4 is 15.0 Å². The minimum Gasteiger partial charge on any atom is -0.490 e. The number of amides is 3. The molecule has 0 aromatic heterocycles. The lowest BCUT2D eigenvalue weighted by atomic mass is 9.96. The third-order valence-corrected chi connectivity index (χ3v) is 5.76.